The summed E-state index contributed by atoms with van der Waals surface area (Å²) in [6.45, 7) is 17.1. The molecule has 1 aromatic carbocycles. The van der Waals surface area contributed by atoms with Gasteiger partial charge in [0, 0.05) is 80.7 Å². The molecule has 0 bridgehead atoms. The zero-order chi connectivity index (χ0) is 43.5. The predicted molar refractivity (Wildman–Crippen MR) is 234 cm³/mol. The molecule has 6 heterocycles. The number of aliphatic hydroxyl groups excluding tert-OH is 1. The lowest BCUT2D eigenvalue weighted by atomic mass is 9.90. The molecule has 8 rings (SSSR count). The van der Waals surface area contributed by atoms with E-state index in [0.717, 1.165) is 18.9 Å². The molecule has 324 valence electrons. The minimum absolute atomic E-state index is 0.00402. The van der Waals surface area contributed by atoms with E-state index in [1.165, 1.54) is 28.1 Å². The topological polar surface area (TPSA) is 184 Å². The van der Waals surface area contributed by atoms with Gasteiger partial charge < -0.3 is 34.5 Å². The fourth-order valence-corrected chi connectivity index (χ4v) is 10.5. The van der Waals surface area contributed by atoms with E-state index < -0.39 is 33.2 Å². The fourth-order valence-electron chi connectivity index (χ4n) is 9.17. The number of anilines is 5. The predicted octanol–water partition coefficient (Wildman–Crippen LogP) is 4.27. The fraction of sp³-hybridized carbons (Fsp3) is 0.477. The molecule has 0 saturated carbocycles. The average Bonchev–Trinajstić information content (AvgIpc) is 3.62. The van der Waals surface area contributed by atoms with Gasteiger partial charge in [-0.2, -0.15) is 0 Å². The number of pyridine rings is 1. The van der Waals surface area contributed by atoms with E-state index in [-0.39, 0.29) is 39.5 Å². The normalized spacial score (nSPS) is 19.3. The number of nitrogens with zero attached hydrogens (tertiary/aromatic N) is 7. The molecule has 1 atom stereocenters. The lowest BCUT2D eigenvalue weighted by Crippen LogP contribution is -2.59. The number of piperazine rings is 1. The second-order valence-electron chi connectivity index (χ2n) is 17.7. The Morgan fingerprint density at radius 1 is 1.11 bits per heavy atom. The first-order valence-electron chi connectivity index (χ1n) is 20.9. The van der Waals surface area contributed by atoms with Crippen molar-refractivity contribution in [3.63, 3.8) is 0 Å². The lowest BCUT2D eigenvalue weighted by molar-refractivity contribution is -0.111. The van der Waals surface area contributed by atoms with Crippen LogP contribution in [0.4, 0.5) is 28.7 Å². The van der Waals surface area contributed by atoms with Gasteiger partial charge in [-0.3, -0.25) is 24.2 Å². The number of benzene rings is 1. The molecule has 2 amide bonds. The van der Waals surface area contributed by atoms with Crippen LogP contribution in [0.15, 0.2) is 59.0 Å². The molecular formula is C44H55N9O7S. The van der Waals surface area contributed by atoms with Crippen LogP contribution in [0.5, 0.6) is 0 Å². The summed E-state index contributed by atoms with van der Waals surface area (Å²) in [5, 5.41) is 16.0. The van der Waals surface area contributed by atoms with Crippen LogP contribution in [0.1, 0.15) is 68.3 Å². The van der Waals surface area contributed by atoms with Crippen LogP contribution >= 0.6 is 0 Å². The van der Waals surface area contributed by atoms with Crippen LogP contribution in [0.3, 0.4) is 0 Å². The van der Waals surface area contributed by atoms with Crippen molar-refractivity contribution in [2.24, 2.45) is 12.5 Å². The van der Waals surface area contributed by atoms with E-state index in [2.05, 4.69) is 45.5 Å². The number of carbonyl (C=O) groups is 2. The smallest absolute Gasteiger partial charge is 0.293 e. The Kier molecular flexibility index (Phi) is 11.2. The number of nitrogens with one attached hydrogen (secondary N) is 2. The number of ether oxygens (including phenoxy) is 1. The summed E-state index contributed by atoms with van der Waals surface area (Å²) in [4.78, 5) is 56.3. The maximum absolute atomic E-state index is 14.3. The SMILES string of the molecule is C=CC(=O)Nc1cc(Nc2nc(-c3ccnc(N4CCCn5c(cc6c5CC(C)(C)C6)C4=O)c3CO)cn(C)c2=O)cc(S(=O)(=O)C(C)C)c1N1CCN(C2COC2)CC1C. The number of amides is 2. The molecule has 2 saturated heterocycles. The Bertz CT molecular complexity index is 2600. The Balaban J connectivity index is 1.18. The van der Waals surface area contributed by atoms with Crippen LogP contribution in [0.25, 0.3) is 11.3 Å². The molecule has 0 spiro atoms. The molecule has 2 fully saturated rings. The van der Waals surface area contributed by atoms with Crippen molar-refractivity contribution >= 4 is 50.3 Å². The van der Waals surface area contributed by atoms with Gasteiger partial charge in [0.05, 0.1) is 53.1 Å². The molecule has 4 aliphatic rings. The van der Waals surface area contributed by atoms with Crippen LogP contribution in [-0.2, 0) is 52.4 Å². The van der Waals surface area contributed by atoms with Gasteiger partial charge in [-0.1, -0.05) is 20.4 Å². The molecule has 3 aliphatic heterocycles. The standard InChI is InChI=1S/C44H55N9O7S/c1-8-38(55)47-33-17-29(18-37(61(58,59)26(2)3)39(33)51-15-14-50(21-27(51)4)30-24-60-25-30)46-40-43(57)49(7)22-34(48-40)31-10-11-45-41(32(31)23-54)53-13-9-12-52-35(42(53)56)16-28-19-44(5,6)20-36(28)52/h8,10-11,16-18,22,26-27,30,54H,1,9,12-15,19-21,23-25H2,2-7H3,(H,46,48)(H,47,55). The van der Waals surface area contributed by atoms with Gasteiger partial charge in [-0.25, -0.2) is 18.4 Å². The van der Waals surface area contributed by atoms with E-state index in [4.69, 9.17) is 9.72 Å². The summed E-state index contributed by atoms with van der Waals surface area (Å²) in [6.07, 6.45) is 6.70. The molecular weight excluding hydrogens is 799 g/mol. The Labute approximate surface area is 356 Å². The number of hydrogen-bond donors (Lipinski definition) is 3. The molecule has 17 heteroatoms. The molecule has 3 N–H and O–H groups in total. The summed E-state index contributed by atoms with van der Waals surface area (Å²) in [5.41, 5.74) is 4.57. The maximum atomic E-state index is 14.3. The Hall–Kier alpha value is -5.36. The Morgan fingerprint density at radius 2 is 1.89 bits per heavy atom. The molecule has 1 aliphatic carbocycles. The van der Waals surface area contributed by atoms with Gasteiger partial charge in [-0.15, -0.1) is 0 Å². The summed E-state index contributed by atoms with van der Waals surface area (Å²) >= 11 is 0. The summed E-state index contributed by atoms with van der Waals surface area (Å²) in [7, 11) is -2.41. The van der Waals surface area contributed by atoms with Gasteiger partial charge in [-0.05, 0) is 81.4 Å². The van der Waals surface area contributed by atoms with E-state index in [1.54, 1.807) is 44.1 Å². The summed E-state index contributed by atoms with van der Waals surface area (Å²) in [5.74, 6) is -0.550. The first kappa shape index (κ1) is 42.3. The minimum atomic E-state index is -3.97. The van der Waals surface area contributed by atoms with Crippen LogP contribution in [0, 0.1) is 5.41 Å². The monoisotopic (exact) mass is 853 g/mol. The first-order chi connectivity index (χ1) is 29.0. The van der Waals surface area contributed by atoms with E-state index in [9.17, 15) is 27.9 Å². The highest BCUT2D eigenvalue weighted by atomic mass is 32.2. The highest BCUT2D eigenvalue weighted by molar-refractivity contribution is 7.92. The lowest BCUT2D eigenvalue weighted by Gasteiger charge is -2.47. The molecule has 4 aromatic rings. The van der Waals surface area contributed by atoms with Crippen molar-refractivity contribution < 1.29 is 27.9 Å². The highest BCUT2D eigenvalue weighted by Crippen LogP contribution is 2.42. The van der Waals surface area contributed by atoms with Gasteiger partial charge in [0.15, 0.2) is 15.7 Å². The number of aliphatic hydroxyl groups is 1. The van der Waals surface area contributed by atoms with Gasteiger partial charge in [0.1, 0.15) is 11.5 Å². The number of sulfone groups is 1. The zero-order valence-electron chi connectivity index (χ0n) is 35.7. The molecule has 61 heavy (non-hydrogen) atoms. The van der Waals surface area contributed by atoms with E-state index >= 15 is 0 Å². The molecule has 16 nitrogen and oxygen atoms in total. The second kappa shape index (κ2) is 16.2. The second-order valence-corrected chi connectivity index (χ2v) is 20.2. The van der Waals surface area contributed by atoms with Crippen molar-refractivity contribution in [2.45, 2.75) is 89.3 Å². The number of aromatic nitrogens is 4. The Morgan fingerprint density at radius 3 is 2.56 bits per heavy atom. The van der Waals surface area contributed by atoms with E-state index in [1.807, 2.05) is 17.9 Å². The average molecular weight is 854 g/mol. The van der Waals surface area contributed by atoms with Crippen LogP contribution in [0.2, 0.25) is 0 Å². The van der Waals surface area contributed by atoms with Crippen molar-refractivity contribution in [1.82, 2.24) is 24.0 Å². The summed E-state index contributed by atoms with van der Waals surface area (Å²) < 4.78 is 37.4. The number of aryl methyl sites for hydroxylation is 1. The van der Waals surface area contributed by atoms with Crippen LogP contribution < -0.4 is 26.0 Å². The third-order valence-corrected chi connectivity index (χ3v) is 14.6. The molecule has 3 aromatic heterocycles. The van der Waals surface area contributed by atoms with E-state index in [0.29, 0.717) is 92.4 Å². The van der Waals surface area contributed by atoms with Crippen molar-refractivity contribution in [2.75, 3.05) is 59.8 Å². The minimum Gasteiger partial charge on any atom is -0.392 e. The third kappa shape index (κ3) is 7.76. The number of rotatable bonds is 11. The zero-order valence-corrected chi connectivity index (χ0v) is 36.5. The van der Waals surface area contributed by atoms with Crippen molar-refractivity contribution in [3.8, 4) is 11.3 Å². The number of hydrogen-bond acceptors (Lipinski definition) is 12. The molecule has 1 unspecified atom stereocenters. The van der Waals surface area contributed by atoms with Gasteiger partial charge in [0.2, 0.25) is 5.91 Å². The highest BCUT2D eigenvalue weighted by Gasteiger charge is 2.38. The summed E-state index contributed by atoms with van der Waals surface area (Å²) in [6, 6.07) is 6.97. The number of carbonyl (C=O) groups excluding carboxylic acids is 2. The quantitative estimate of drug-likeness (QED) is 0.183. The van der Waals surface area contributed by atoms with Gasteiger partial charge >= 0.3 is 0 Å². The van der Waals surface area contributed by atoms with Gasteiger partial charge in [0.25, 0.3) is 11.5 Å². The van der Waals surface area contributed by atoms with Crippen molar-refractivity contribution in [3.05, 3.63) is 82.2 Å². The van der Waals surface area contributed by atoms with Crippen LogP contribution in [-0.4, -0.2) is 106 Å². The molecule has 0 radical (unpaired) electrons. The third-order valence-electron chi connectivity index (χ3n) is 12.4. The largest absolute Gasteiger partial charge is 0.392 e. The maximum Gasteiger partial charge on any atom is 0.293 e. The number of fused-ring (bicyclic) bond motifs is 3. The first-order valence-corrected chi connectivity index (χ1v) is 22.5. The van der Waals surface area contributed by atoms with Crippen molar-refractivity contribution in [1.29, 1.82) is 0 Å².